The van der Waals surface area contributed by atoms with Crippen LogP contribution in [0.15, 0.2) is 4.99 Å². The third-order valence-electron chi connectivity index (χ3n) is 5.86. The SMILES string of the molecule is CCNC(=NCC1CCCOC1C(C)(C)C)N(C)CC1CCCN1CC.I. The molecule has 2 aliphatic heterocycles. The molecular weight excluding hydrogens is 451 g/mol. The third-order valence-corrected chi connectivity index (χ3v) is 5.86. The number of likely N-dealkylation sites (tertiary alicyclic amines) is 1. The highest BCUT2D eigenvalue weighted by molar-refractivity contribution is 14.0. The fraction of sp³-hybridized carbons (Fsp3) is 0.952. The minimum Gasteiger partial charge on any atom is -0.377 e. The van der Waals surface area contributed by atoms with Gasteiger partial charge in [0.15, 0.2) is 5.96 Å². The summed E-state index contributed by atoms with van der Waals surface area (Å²) < 4.78 is 6.13. The number of hydrogen-bond acceptors (Lipinski definition) is 3. The van der Waals surface area contributed by atoms with Gasteiger partial charge in [-0.15, -0.1) is 24.0 Å². The number of nitrogens with one attached hydrogen (secondary N) is 1. The number of ether oxygens (including phenoxy) is 1. The average Bonchev–Trinajstić information content (AvgIpc) is 3.05. The van der Waals surface area contributed by atoms with Crippen LogP contribution in [0.5, 0.6) is 0 Å². The highest BCUT2D eigenvalue weighted by Gasteiger charge is 2.35. The van der Waals surface area contributed by atoms with Gasteiger partial charge in [0.1, 0.15) is 0 Å². The Hall–Kier alpha value is -0.0800. The predicted octanol–water partition coefficient (Wildman–Crippen LogP) is 3.83. The van der Waals surface area contributed by atoms with E-state index in [-0.39, 0.29) is 29.4 Å². The van der Waals surface area contributed by atoms with Crippen molar-refractivity contribution in [3.8, 4) is 0 Å². The van der Waals surface area contributed by atoms with Crippen molar-refractivity contribution in [3.05, 3.63) is 0 Å². The largest absolute Gasteiger partial charge is 0.377 e. The molecule has 6 heteroatoms. The molecule has 0 saturated carbocycles. The zero-order chi connectivity index (χ0) is 19.2. The van der Waals surface area contributed by atoms with Crippen LogP contribution in [0, 0.1) is 11.3 Å². The summed E-state index contributed by atoms with van der Waals surface area (Å²) in [6, 6.07) is 0.661. The van der Waals surface area contributed by atoms with Gasteiger partial charge < -0.3 is 15.0 Å². The van der Waals surface area contributed by atoms with Gasteiger partial charge in [0.05, 0.1) is 6.10 Å². The summed E-state index contributed by atoms with van der Waals surface area (Å²) in [5, 5.41) is 3.50. The van der Waals surface area contributed by atoms with Crippen molar-refractivity contribution < 1.29 is 4.74 Å². The summed E-state index contributed by atoms with van der Waals surface area (Å²) in [5.74, 6) is 1.57. The molecule has 160 valence electrons. The van der Waals surface area contributed by atoms with Crippen LogP contribution in [0.3, 0.4) is 0 Å². The maximum Gasteiger partial charge on any atom is 0.193 e. The lowest BCUT2D eigenvalue weighted by molar-refractivity contribution is -0.0824. The molecule has 3 atom stereocenters. The van der Waals surface area contributed by atoms with Crippen LogP contribution in [0.1, 0.15) is 60.3 Å². The zero-order valence-corrected chi connectivity index (χ0v) is 20.8. The van der Waals surface area contributed by atoms with Gasteiger partial charge in [0, 0.05) is 45.2 Å². The van der Waals surface area contributed by atoms with Gasteiger partial charge in [-0.05, 0) is 51.1 Å². The Morgan fingerprint density at radius 1 is 1.22 bits per heavy atom. The van der Waals surface area contributed by atoms with Crippen molar-refractivity contribution in [2.45, 2.75) is 72.4 Å². The molecule has 0 bridgehead atoms. The zero-order valence-electron chi connectivity index (χ0n) is 18.5. The topological polar surface area (TPSA) is 40.1 Å². The lowest BCUT2D eigenvalue weighted by atomic mass is 9.78. The number of guanidine groups is 1. The standard InChI is InChI=1S/C21H42N4O.HI/c1-7-22-20(24(6)16-18-12-9-13-25(18)8-2)23-15-17-11-10-14-26-19(17)21(3,4)5;/h17-19H,7-16H2,1-6H3,(H,22,23);1H. The molecular formula is C21H43IN4O. The number of rotatable bonds is 6. The summed E-state index contributed by atoms with van der Waals surface area (Å²) in [6.07, 6.45) is 5.32. The number of hydrogen-bond donors (Lipinski definition) is 1. The van der Waals surface area contributed by atoms with Gasteiger partial charge in [-0.1, -0.05) is 27.7 Å². The lowest BCUT2D eigenvalue weighted by Gasteiger charge is -2.39. The van der Waals surface area contributed by atoms with Gasteiger partial charge in [0.25, 0.3) is 0 Å². The molecule has 0 amide bonds. The summed E-state index contributed by atoms with van der Waals surface area (Å²) in [7, 11) is 2.19. The van der Waals surface area contributed by atoms with E-state index in [1.807, 2.05) is 0 Å². The number of nitrogens with zero attached hydrogens (tertiary/aromatic N) is 3. The first kappa shape index (κ1) is 25.0. The Kier molecular flexibility index (Phi) is 10.9. The molecule has 2 heterocycles. The van der Waals surface area contributed by atoms with Crippen molar-refractivity contribution in [3.63, 3.8) is 0 Å². The summed E-state index contributed by atoms with van der Waals surface area (Å²) in [5.41, 5.74) is 0.177. The van der Waals surface area contributed by atoms with Crippen LogP contribution < -0.4 is 5.32 Å². The minimum atomic E-state index is 0. The van der Waals surface area contributed by atoms with Crippen molar-refractivity contribution in [2.75, 3.05) is 46.4 Å². The number of likely N-dealkylation sites (N-methyl/N-ethyl adjacent to an activating group) is 2. The van der Waals surface area contributed by atoms with Crippen LogP contribution in [0.25, 0.3) is 0 Å². The molecule has 0 spiro atoms. The number of aliphatic imine (C=N–C) groups is 1. The molecule has 1 N–H and O–H groups in total. The Morgan fingerprint density at radius 2 is 1.96 bits per heavy atom. The van der Waals surface area contributed by atoms with Gasteiger partial charge >= 0.3 is 0 Å². The minimum absolute atomic E-state index is 0. The molecule has 2 saturated heterocycles. The summed E-state index contributed by atoms with van der Waals surface area (Å²) >= 11 is 0. The highest BCUT2D eigenvalue weighted by atomic mass is 127. The molecule has 3 unspecified atom stereocenters. The van der Waals surface area contributed by atoms with Gasteiger partial charge in [-0.2, -0.15) is 0 Å². The molecule has 0 aliphatic carbocycles. The molecule has 2 aliphatic rings. The average molecular weight is 495 g/mol. The molecule has 2 rings (SSSR count). The van der Waals surface area contributed by atoms with E-state index in [0.717, 1.165) is 45.2 Å². The third kappa shape index (κ3) is 7.35. The second-order valence-electron chi connectivity index (χ2n) is 9.06. The molecule has 2 fully saturated rings. The maximum absolute atomic E-state index is 6.13. The smallest absolute Gasteiger partial charge is 0.193 e. The molecule has 0 radical (unpaired) electrons. The van der Waals surface area contributed by atoms with Gasteiger partial charge in [-0.3, -0.25) is 9.89 Å². The van der Waals surface area contributed by atoms with Crippen molar-refractivity contribution >= 4 is 29.9 Å². The monoisotopic (exact) mass is 494 g/mol. The first-order valence-electron chi connectivity index (χ1n) is 10.7. The Bertz CT molecular complexity index is 452. The first-order chi connectivity index (χ1) is 12.4. The molecule has 5 nitrogen and oxygen atoms in total. The highest BCUT2D eigenvalue weighted by Crippen LogP contribution is 2.34. The normalized spacial score (nSPS) is 27.3. The fourth-order valence-corrected chi connectivity index (χ4v) is 4.58. The van der Waals surface area contributed by atoms with E-state index >= 15 is 0 Å². The summed E-state index contributed by atoms with van der Waals surface area (Å²) in [4.78, 5) is 9.96. The fourth-order valence-electron chi connectivity index (χ4n) is 4.58. The number of halogens is 1. The van der Waals surface area contributed by atoms with E-state index < -0.39 is 0 Å². The van der Waals surface area contributed by atoms with E-state index in [4.69, 9.17) is 9.73 Å². The van der Waals surface area contributed by atoms with Crippen LogP contribution >= 0.6 is 24.0 Å². The van der Waals surface area contributed by atoms with E-state index in [1.165, 1.54) is 25.8 Å². The van der Waals surface area contributed by atoms with Crippen LogP contribution in [0.2, 0.25) is 0 Å². The predicted molar refractivity (Wildman–Crippen MR) is 126 cm³/mol. The van der Waals surface area contributed by atoms with Crippen LogP contribution in [-0.2, 0) is 4.74 Å². The van der Waals surface area contributed by atoms with E-state index in [9.17, 15) is 0 Å². The Labute approximate surface area is 184 Å². The Morgan fingerprint density at radius 3 is 2.59 bits per heavy atom. The van der Waals surface area contributed by atoms with Crippen LogP contribution in [-0.4, -0.2) is 74.3 Å². The molecule has 0 aromatic heterocycles. The molecule has 27 heavy (non-hydrogen) atoms. The van der Waals surface area contributed by atoms with Crippen molar-refractivity contribution in [1.29, 1.82) is 0 Å². The molecule has 0 aromatic carbocycles. The van der Waals surface area contributed by atoms with Gasteiger partial charge in [0.2, 0.25) is 0 Å². The lowest BCUT2D eigenvalue weighted by Crippen LogP contribution is -2.46. The van der Waals surface area contributed by atoms with E-state index in [0.29, 0.717) is 18.1 Å². The second kappa shape index (κ2) is 11.8. The maximum atomic E-state index is 6.13. The van der Waals surface area contributed by atoms with E-state index in [2.05, 4.69) is 56.8 Å². The van der Waals surface area contributed by atoms with Gasteiger partial charge in [-0.25, -0.2) is 0 Å². The van der Waals surface area contributed by atoms with Crippen molar-refractivity contribution in [1.82, 2.24) is 15.1 Å². The second-order valence-corrected chi connectivity index (χ2v) is 9.06. The quantitative estimate of drug-likeness (QED) is 0.346. The van der Waals surface area contributed by atoms with E-state index in [1.54, 1.807) is 0 Å². The van der Waals surface area contributed by atoms with Crippen molar-refractivity contribution in [2.24, 2.45) is 16.3 Å². The summed E-state index contributed by atoms with van der Waals surface area (Å²) in [6.45, 7) is 17.4. The first-order valence-corrected chi connectivity index (χ1v) is 10.7. The molecule has 0 aromatic rings. The van der Waals surface area contributed by atoms with Crippen LogP contribution in [0.4, 0.5) is 0 Å². The Balaban J connectivity index is 0.00000364.